The summed E-state index contributed by atoms with van der Waals surface area (Å²) in [5.74, 6) is 0.629. The second-order valence-corrected chi connectivity index (χ2v) is 6.00. The smallest absolute Gasteiger partial charge is 0.242 e. The predicted octanol–water partition coefficient (Wildman–Crippen LogP) is 2.67. The fourth-order valence-corrected chi connectivity index (χ4v) is 2.14. The fourth-order valence-electron chi connectivity index (χ4n) is 2.14. The van der Waals surface area contributed by atoms with E-state index in [0.717, 1.165) is 24.1 Å². The highest BCUT2D eigenvalue weighted by Gasteiger charge is 2.21. The Morgan fingerprint density at radius 2 is 2.32 bits per heavy atom. The number of rotatable bonds is 2. The van der Waals surface area contributed by atoms with Crippen molar-refractivity contribution in [1.82, 2.24) is 15.2 Å². The van der Waals surface area contributed by atoms with Crippen molar-refractivity contribution in [2.45, 2.75) is 38.7 Å². The Hall–Kier alpha value is -1.62. The van der Waals surface area contributed by atoms with Crippen LogP contribution in [0.4, 0.5) is 0 Å². The number of H-pyrrole nitrogens is 1. The molecule has 0 amide bonds. The van der Waals surface area contributed by atoms with Gasteiger partial charge in [0.15, 0.2) is 5.65 Å². The molecule has 0 saturated carbocycles. The summed E-state index contributed by atoms with van der Waals surface area (Å²) in [4.78, 5) is 4.41. The van der Waals surface area contributed by atoms with Crippen LogP contribution in [-0.4, -0.2) is 34.5 Å². The van der Waals surface area contributed by atoms with Gasteiger partial charge in [-0.3, -0.25) is 5.10 Å². The number of hydrogen-bond acceptors (Lipinski definition) is 4. The van der Waals surface area contributed by atoms with Gasteiger partial charge in [-0.15, -0.1) is 5.10 Å². The van der Waals surface area contributed by atoms with Crippen LogP contribution in [0.25, 0.3) is 11.0 Å². The van der Waals surface area contributed by atoms with E-state index in [4.69, 9.17) is 9.47 Å². The van der Waals surface area contributed by atoms with Gasteiger partial charge in [-0.2, -0.15) is 0 Å². The third-order valence-electron chi connectivity index (χ3n) is 3.41. The molecule has 1 saturated heterocycles. The van der Waals surface area contributed by atoms with Gasteiger partial charge < -0.3 is 9.47 Å². The van der Waals surface area contributed by atoms with Gasteiger partial charge in [-0.05, 0) is 17.0 Å². The maximum atomic E-state index is 5.89. The van der Waals surface area contributed by atoms with Gasteiger partial charge >= 0.3 is 0 Å². The van der Waals surface area contributed by atoms with Crippen LogP contribution in [0.1, 0.15) is 34.2 Å². The minimum atomic E-state index is 0. The lowest BCUT2D eigenvalue weighted by atomic mass is 9.88. The highest BCUT2D eigenvalue weighted by molar-refractivity contribution is 5.81. The molecule has 2 aromatic rings. The van der Waals surface area contributed by atoms with Gasteiger partial charge in [0.05, 0.1) is 18.6 Å². The third-order valence-corrected chi connectivity index (χ3v) is 3.41. The number of fused-ring (bicyclic) bond motifs is 1. The molecular formula is C14H21N3O2. The third kappa shape index (κ3) is 2.42. The summed E-state index contributed by atoms with van der Waals surface area (Å²) in [7, 11) is 0. The monoisotopic (exact) mass is 263 g/mol. The Morgan fingerprint density at radius 3 is 3.00 bits per heavy atom. The molecule has 0 spiro atoms. The summed E-state index contributed by atoms with van der Waals surface area (Å²) in [6.45, 7) is 7.91. The van der Waals surface area contributed by atoms with Gasteiger partial charge in [-0.1, -0.05) is 20.8 Å². The first-order valence-corrected chi connectivity index (χ1v) is 6.63. The van der Waals surface area contributed by atoms with Gasteiger partial charge in [0, 0.05) is 14.0 Å². The van der Waals surface area contributed by atoms with Crippen LogP contribution < -0.4 is 4.74 Å². The van der Waals surface area contributed by atoms with Crippen LogP contribution in [0, 0.1) is 0 Å². The van der Waals surface area contributed by atoms with E-state index >= 15 is 0 Å². The zero-order chi connectivity index (χ0) is 13.5. The minimum Gasteiger partial charge on any atom is -0.470 e. The first-order valence-electron chi connectivity index (χ1n) is 6.63. The lowest BCUT2D eigenvalue weighted by Gasteiger charge is -2.18. The molecule has 1 aliphatic rings. The Morgan fingerprint density at radius 1 is 1.47 bits per heavy atom. The molecule has 0 aromatic carbocycles. The van der Waals surface area contributed by atoms with Crippen molar-refractivity contribution < 1.29 is 10.9 Å². The minimum absolute atomic E-state index is 0. The van der Waals surface area contributed by atoms with Crippen molar-refractivity contribution in [2.24, 2.45) is 0 Å². The number of aromatic nitrogens is 3. The number of aromatic amines is 1. The highest BCUT2D eigenvalue weighted by Crippen LogP contribution is 2.29. The Labute approximate surface area is 113 Å². The molecule has 0 bridgehead atoms. The number of nitrogens with zero attached hydrogens (tertiary/aromatic N) is 2. The van der Waals surface area contributed by atoms with E-state index in [1.54, 1.807) is 0 Å². The average molecular weight is 263 g/mol. The molecule has 1 atom stereocenters. The highest BCUT2D eigenvalue weighted by atomic mass is 16.5. The van der Waals surface area contributed by atoms with E-state index in [1.807, 2.05) is 6.20 Å². The van der Waals surface area contributed by atoms with Crippen molar-refractivity contribution in [1.29, 1.82) is 0 Å². The number of hydrogen-bond donors (Lipinski definition) is 1. The zero-order valence-electron chi connectivity index (χ0n) is 11.6. The number of ether oxygens (including phenoxy) is 2. The van der Waals surface area contributed by atoms with E-state index < -0.39 is 0 Å². The molecule has 1 unspecified atom stereocenters. The van der Waals surface area contributed by atoms with E-state index in [-0.39, 0.29) is 12.9 Å². The van der Waals surface area contributed by atoms with Gasteiger partial charge in [0.1, 0.15) is 6.10 Å². The largest absolute Gasteiger partial charge is 0.470 e. The van der Waals surface area contributed by atoms with Gasteiger partial charge in [0.2, 0.25) is 5.88 Å². The standard InChI is InChI=1S/C14H19N3O2.H2/c1-14(2,3)9-6-11-12(15-7-9)16-17-13(11)19-10-4-5-18-8-10;/h6-7,10H,4-5,8H2,1-3H3,(H,15,16,17);1H. The van der Waals surface area contributed by atoms with Crippen LogP contribution in [0.2, 0.25) is 0 Å². The van der Waals surface area contributed by atoms with Crippen LogP contribution in [-0.2, 0) is 10.2 Å². The molecular weight excluding hydrogens is 242 g/mol. The molecule has 5 nitrogen and oxygen atoms in total. The van der Waals surface area contributed by atoms with Crippen LogP contribution in [0.3, 0.4) is 0 Å². The van der Waals surface area contributed by atoms with Crippen molar-refractivity contribution in [2.75, 3.05) is 13.2 Å². The zero-order valence-corrected chi connectivity index (χ0v) is 11.6. The SMILES string of the molecule is CC(C)(C)c1cnc2[nH]nc(OC3CCOC3)c2c1.[HH]. The summed E-state index contributed by atoms with van der Waals surface area (Å²) in [5, 5.41) is 8.07. The van der Waals surface area contributed by atoms with Crippen molar-refractivity contribution in [3.8, 4) is 5.88 Å². The Bertz CT molecular complexity index is 586. The number of nitrogens with one attached hydrogen (secondary N) is 1. The number of pyridine rings is 1. The first kappa shape index (κ1) is 12.4. The fraction of sp³-hybridized carbons (Fsp3) is 0.571. The molecule has 0 aliphatic carbocycles. The van der Waals surface area contributed by atoms with Crippen LogP contribution in [0.15, 0.2) is 12.3 Å². The van der Waals surface area contributed by atoms with Crippen molar-refractivity contribution >= 4 is 11.0 Å². The summed E-state index contributed by atoms with van der Waals surface area (Å²) in [6.07, 6.45) is 2.91. The lowest BCUT2D eigenvalue weighted by Crippen LogP contribution is -2.16. The Balaban J connectivity index is 0.00000147. The molecule has 3 heterocycles. The van der Waals surface area contributed by atoms with Crippen LogP contribution in [0.5, 0.6) is 5.88 Å². The molecule has 104 valence electrons. The van der Waals surface area contributed by atoms with E-state index in [2.05, 4.69) is 42.0 Å². The molecule has 5 heteroatoms. The normalized spacial score (nSPS) is 20.1. The van der Waals surface area contributed by atoms with Gasteiger partial charge in [-0.25, -0.2) is 4.98 Å². The van der Waals surface area contributed by atoms with E-state index in [9.17, 15) is 0 Å². The molecule has 3 rings (SSSR count). The quantitative estimate of drug-likeness (QED) is 0.905. The predicted molar refractivity (Wildman–Crippen MR) is 74.6 cm³/mol. The summed E-state index contributed by atoms with van der Waals surface area (Å²) in [5.41, 5.74) is 2.00. The average Bonchev–Trinajstić information content (AvgIpc) is 2.98. The van der Waals surface area contributed by atoms with Crippen LogP contribution >= 0.6 is 0 Å². The van der Waals surface area contributed by atoms with Crippen molar-refractivity contribution in [3.05, 3.63) is 17.8 Å². The Kier molecular flexibility index (Phi) is 2.93. The summed E-state index contributed by atoms with van der Waals surface area (Å²) in [6, 6.07) is 2.11. The van der Waals surface area contributed by atoms with E-state index in [0.29, 0.717) is 12.5 Å². The molecule has 2 aromatic heterocycles. The molecule has 1 aliphatic heterocycles. The summed E-state index contributed by atoms with van der Waals surface area (Å²) < 4.78 is 11.2. The van der Waals surface area contributed by atoms with E-state index in [1.165, 1.54) is 5.56 Å². The first-order chi connectivity index (χ1) is 9.04. The topological polar surface area (TPSA) is 60.0 Å². The molecule has 1 fully saturated rings. The summed E-state index contributed by atoms with van der Waals surface area (Å²) >= 11 is 0. The van der Waals surface area contributed by atoms with Gasteiger partial charge in [0.25, 0.3) is 0 Å². The second-order valence-electron chi connectivity index (χ2n) is 6.00. The molecule has 0 radical (unpaired) electrons. The molecule has 19 heavy (non-hydrogen) atoms. The van der Waals surface area contributed by atoms with Crippen molar-refractivity contribution in [3.63, 3.8) is 0 Å². The second kappa shape index (κ2) is 4.49. The lowest BCUT2D eigenvalue weighted by molar-refractivity contribution is 0.139. The maximum Gasteiger partial charge on any atom is 0.242 e. The maximum absolute atomic E-state index is 5.89. The molecule has 1 N–H and O–H groups in total.